The van der Waals surface area contributed by atoms with Crippen LogP contribution in [0.2, 0.25) is 0 Å². The van der Waals surface area contributed by atoms with Crippen LogP contribution in [0.25, 0.3) is 16.9 Å². The van der Waals surface area contributed by atoms with Crippen molar-refractivity contribution in [2.24, 2.45) is 0 Å². The number of ether oxygens (including phenoxy) is 1. The number of benzene rings is 2. The van der Waals surface area contributed by atoms with Gasteiger partial charge in [-0.3, -0.25) is 9.36 Å². The highest BCUT2D eigenvalue weighted by atomic mass is 19.1. The topological polar surface area (TPSA) is 88.1 Å². The highest BCUT2D eigenvalue weighted by Crippen LogP contribution is 2.19. The fourth-order valence-electron chi connectivity index (χ4n) is 3.67. The molecule has 0 aliphatic carbocycles. The Balaban J connectivity index is 1.92. The van der Waals surface area contributed by atoms with Crippen molar-refractivity contribution in [3.8, 4) is 5.69 Å². The number of hydrogen-bond donors (Lipinski definition) is 0. The molecular weight excluding hydrogens is 434 g/mol. The monoisotopic (exact) mass is 454 g/mol. The zero-order chi connectivity index (χ0) is 23.9. The summed E-state index contributed by atoms with van der Waals surface area (Å²) < 4.78 is 36.3. The molecule has 0 radical (unpaired) electrons. The van der Waals surface area contributed by atoms with Crippen molar-refractivity contribution in [1.29, 1.82) is 0 Å². The molecule has 0 unspecified atom stereocenters. The largest absolute Gasteiger partial charge is 0.465 e. The van der Waals surface area contributed by atoms with Crippen LogP contribution >= 0.6 is 0 Å². The lowest BCUT2D eigenvalue weighted by atomic mass is 10.1. The zero-order valence-corrected chi connectivity index (χ0v) is 18.1. The Morgan fingerprint density at radius 1 is 1.09 bits per heavy atom. The third-order valence-corrected chi connectivity index (χ3v) is 5.24. The average Bonchev–Trinajstić information content (AvgIpc) is 3.18. The number of rotatable bonds is 5. The van der Waals surface area contributed by atoms with Crippen LogP contribution < -0.4 is 11.2 Å². The maximum absolute atomic E-state index is 14.6. The number of hydrogen-bond acceptors (Lipinski definition) is 5. The molecule has 0 fully saturated rings. The summed E-state index contributed by atoms with van der Waals surface area (Å²) in [6.07, 6.45) is 1.38. The number of fused-ring (bicyclic) bond motifs is 1. The van der Waals surface area contributed by atoms with Crippen molar-refractivity contribution in [3.63, 3.8) is 0 Å². The molecular formula is C23H20F2N4O4. The maximum atomic E-state index is 14.6. The van der Waals surface area contributed by atoms with Gasteiger partial charge in [-0.25, -0.2) is 27.9 Å². The Morgan fingerprint density at radius 2 is 1.79 bits per heavy atom. The number of methoxy groups -OCH3 is 1. The van der Waals surface area contributed by atoms with Gasteiger partial charge in [0, 0.05) is 18.7 Å². The molecule has 0 saturated heterocycles. The number of carbonyl (C=O) groups is 1. The molecule has 0 N–H and O–H groups in total. The molecule has 0 spiro atoms. The van der Waals surface area contributed by atoms with Crippen LogP contribution in [0.15, 0.2) is 58.4 Å². The fraction of sp³-hybridized carbons (Fsp3) is 0.217. The molecule has 2 heterocycles. The second-order valence-corrected chi connectivity index (χ2v) is 7.72. The van der Waals surface area contributed by atoms with E-state index in [-0.39, 0.29) is 23.4 Å². The van der Waals surface area contributed by atoms with Crippen LogP contribution in [0.1, 0.15) is 35.8 Å². The maximum Gasteiger partial charge on any atom is 0.337 e. The van der Waals surface area contributed by atoms with Crippen LogP contribution in [0.3, 0.4) is 0 Å². The number of nitrogens with zero attached hydrogens (tertiary/aromatic N) is 4. The molecule has 0 aliphatic rings. The van der Waals surface area contributed by atoms with E-state index in [9.17, 15) is 23.2 Å². The Hall–Kier alpha value is -4.08. The molecule has 170 valence electrons. The first-order valence-corrected chi connectivity index (χ1v) is 10.1. The SMILES string of the molecule is COC(=O)c1ccc(Cn2cnc3c2c(=O)n(C(C)C)c(=O)n3-c2ccc(F)cc2F)cc1. The van der Waals surface area contributed by atoms with Gasteiger partial charge in [0.1, 0.15) is 11.6 Å². The number of aromatic nitrogens is 4. The summed E-state index contributed by atoms with van der Waals surface area (Å²) in [4.78, 5) is 42.3. The highest BCUT2D eigenvalue weighted by molar-refractivity contribution is 5.89. The summed E-state index contributed by atoms with van der Waals surface area (Å²) in [5.74, 6) is -2.22. The molecule has 2 aromatic carbocycles. The van der Waals surface area contributed by atoms with Crippen LogP contribution in [-0.2, 0) is 11.3 Å². The molecule has 2 aromatic heterocycles. The van der Waals surface area contributed by atoms with Crippen LogP contribution in [0.5, 0.6) is 0 Å². The minimum Gasteiger partial charge on any atom is -0.465 e. The number of imidazole rings is 1. The summed E-state index contributed by atoms with van der Waals surface area (Å²) in [6.45, 7) is 3.52. The first-order chi connectivity index (χ1) is 15.7. The number of halogens is 2. The third kappa shape index (κ3) is 3.84. The minimum absolute atomic E-state index is 0.0430. The molecule has 0 bridgehead atoms. The molecule has 0 saturated carbocycles. The predicted octanol–water partition coefficient (Wildman–Crippen LogP) is 3.04. The van der Waals surface area contributed by atoms with Gasteiger partial charge < -0.3 is 9.30 Å². The van der Waals surface area contributed by atoms with E-state index in [0.29, 0.717) is 11.6 Å². The third-order valence-electron chi connectivity index (χ3n) is 5.24. The minimum atomic E-state index is -0.958. The second kappa shape index (κ2) is 8.45. The van der Waals surface area contributed by atoms with Crippen LogP contribution in [0, 0.1) is 11.6 Å². The summed E-state index contributed by atoms with van der Waals surface area (Å²) in [5, 5.41) is 0. The smallest absolute Gasteiger partial charge is 0.337 e. The lowest BCUT2D eigenvalue weighted by Gasteiger charge is -2.15. The Labute approximate surface area is 186 Å². The molecule has 4 aromatic rings. The quantitative estimate of drug-likeness (QED) is 0.433. The Kier molecular flexibility index (Phi) is 5.67. The second-order valence-electron chi connectivity index (χ2n) is 7.72. The average molecular weight is 454 g/mol. The lowest BCUT2D eigenvalue weighted by Crippen LogP contribution is -2.41. The van der Waals surface area contributed by atoms with E-state index < -0.39 is 34.9 Å². The summed E-state index contributed by atoms with van der Waals surface area (Å²) >= 11 is 0. The molecule has 4 rings (SSSR count). The van der Waals surface area contributed by atoms with E-state index in [1.54, 1.807) is 42.7 Å². The lowest BCUT2D eigenvalue weighted by molar-refractivity contribution is 0.0600. The van der Waals surface area contributed by atoms with Crippen molar-refractivity contribution in [3.05, 3.63) is 92.4 Å². The van der Waals surface area contributed by atoms with Crippen molar-refractivity contribution >= 4 is 17.1 Å². The van der Waals surface area contributed by atoms with Crippen molar-refractivity contribution in [1.82, 2.24) is 18.7 Å². The van der Waals surface area contributed by atoms with Gasteiger partial charge in [-0.15, -0.1) is 0 Å². The molecule has 10 heteroatoms. The zero-order valence-electron chi connectivity index (χ0n) is 18.1. The molecule has 0 atom stereocenters. The van der Waals surface area contributed by atoms with E-state index in [1.807, 2.05) is 0 Å². The van der Waals surface area contributed by atoms with Crippen molar-refractivity contribution < 1.29 is 18.3 Å². The van der Waals surface area contributed by atoms with Gasteiger partial charge in [-0.05, 0) is 43.7 Å². The summed E-state index contributed by atoms with van der Waals surface area (Å²) in [7, 11) is 1.29. The number of esters is 1. The molecule has 8 nitrogen and oxygen atoms in total. The van der Waals surface area contributed by atoms with Gasteiger partial charge >= 0.3 is 11.7 Å². The van der Waals surface area contributed by atoms with Gasteiger partial charge in [0.15, 0.2) is 11.2 Å². The molecule has 0 amide bonds. The predicted molar refractivity (Wildman–Crippen MR) is 117 cm³/mol. The van der Waals surface area contributed by atoms with E-state index in [4.69, 9.17) is 0 Å². The van der Waals surface area contributed by atoms with Gasteiger partial charge in [0.2, 0.25) is 0 Å². The standard InChI is InChI=1S/C23H20F2N4O4/c1-13(2)28-21(30)19-20(29(23(28)32)18-9-8-16(24)10-17(18)25)26-12-27(19)11-14-4-6-15(7-5-14)22(31)33-3/h4-10,12-13H,11H2,1-3H3. The normalized spacial score (nSPS) is 11.3. The molecule has 33 heavy (non-hydrogen) atoms. The highest BCUT2D eigenvalue weighted by Gasteiger charge is 2.22. The summed E-state index contributed by atoms with van der Waals surface area (Å²) in [5.41, 5.74) is -0.396. The van der Waals surface area contributed by atoms with Gasteiger partial charge in [0.25, 0.3) is 5.56 Å². The Bertz CT molecular complexity index is 1480. The number of carbonyl (C=O) groups excluding carboxylic acids is 1. The summed E-state index contributed by atoms with van der Waals surface area (Å²) in [6, 6.07) is 8.90. The van der Waals surface area contributed by atoms with E-state index in [0.717, 1.165) is 26.8 Å². The van der Waals surface area contributed by atoms with Gasteiger partial charge in [-0.2, -0.15) is 0 Å². The molecule has 0 aliphatic heterocycles. The van der Waals surface area contributed by atoms with Crippen molar-refractivity contribution in [2.75, 3.05) is 7.11 Å². The van der Waals surface area contributed by atoms with Gasteiger partial charge in [-0.1, -0.05) is 12.1 Å². The fourth-order valence-corrected chi connectivity index (χ4v) is 3.67. The van der Waals surface area contributed by atoms with E-state index in [1.165, 1.54) is 13.4 Å². The van der Waals surface area contributed by atoms with Crippen molar-refractivity contribution in [2.45, 2.75) is 26.4 Å². The first-order valence-electron chi connectivity index (χ1n) is 10.1. The first kappa shape index (κ1) is 22.1. The van der Waals surface area contributed by atoms with Gasteiger partial charge in [0.05, 0.1) is 24.7 Å². The van der Waals surface area contributed by atoms with Crippen LogP contribution in [0.4, 0.5) is 8.78 Å². The van der Waals surface area contributed by atoms with Crippen LogP contribution in [-0.4, -0.2) is 31.8 Å². The van der Waals surface area contributed by atoms with E-state index in [2.05, 4.69) is 9.72 Å². The van der Waals surface area contributed by atoms with E-state index >= 15 is 0 Å². The Morgan fingerprint density at radius 3 is 2.39 bits per heavy atom.